The highest BCUT2D eigenvalue weighted by atomic mass is 32.1. The van der Waals surface area contributed by atoms with Crippen molar-refractivity contribution in [3.8, 4) is 5.75 Å². The van der Waals surface area contributed by atoms with Gasteiger partial charge in [-0.2, -0.15) is 0 Å². The second-order valence-corrected chi connectivity index (χ2v) is 11.2. The molecule has 0 bridgehead atoms. The van der Waals surface area contributed by atoms with Crippen molar-refractivity contribution in [2.75, 3.05) is 13.2 Å². The molecule has 6 nitrogen and oxygen atoms in total. The van der Waals surface area contributed by atoms with E-state index in [0.29, 0.717) is 33.8 Å². The van der Waals surface area contributed by atoms with Crippen LogP contribution in [0.25, 0.3) is 6.08 Å². The Labute approximate surface area is 219 Å². The van der Waals surface area contributed by atoms with E-state index in [1.807, 2.05) is 61.7 Å². The van der Waals surface area contributed by atoms with Crippen molar-refractivity contribution in [3.63, 3.8) is 0 Å². The van der Waals surface area contributed by atoms with Crippen LogP contribution in [-0.4, -0.2) is 23.8 Å². The number of carbonyl (C=O) groups excluding carboxylic acids is 1. The van der Waals surface area contributed by atoms with Gasteiger partial charge in [0.15, 0.2) is 4.80 Å². The van der Waals surface area contributed by atoms with Crippen LogP contribution in [0.15, 0.2) is 62.8 Å². The predicted octanol–water partition coefficient (Wildman–Crippen LogP) is 5.06. The van der Waals surface area contributed by atoms with E-state index < -0.39 is 12.0 Å². The van der Waals surface area contributed by atoms with Crippen molar-refractivity contribution >= 4 is 34.7 Å². The predicted molar refractivity (Wildman–Crippen MR) is 145 cm³/mol. The molecule has 190 valence electrons. The molecule has 0 N–H and O–H groups in total. The molecule has 1 aromatic carbocycles. The van der Waals surface area contributed by atoms with Gasteiger partial charge in [-0.1, -0.05) is 63.1 Å². The Morgan fingerprint density at radius 3 is 2.64 bits per heavy atom. The topological polar surface area (TPSA) is 69.9 Å². The van der Waals surface area contributed by atoms with Crippen LogP contribution in [0.4, 0.5) is 0 Å². The Hall–Kier alpha value is -2.97. The zero-order valence-electron chi connectivity index (χ0n) is 21.2. The second kappa shape index (κ2) is 11.8. The van der Waals surface area contributed by atoms with Gasteiger partial charge in [0.1, 0.15) is 5.75 Å². The largest absolute Gasteiger partial charge is 0.494 e. The molecule has 4 rings (SSSR count). The van der Waals surface area contributed by atoms with Crippen LogP contribution in [0.2, 0.25) is 0 Å². The summed E-state index contributed by atoms with van der Waals surface area (Å²) in [5.41, 5.74) is 1.60. The van der Waals surface area contributed by atoms with Crippen molar-refractivity contribution in [1.82, 2.24) is 4.57 Å². The number of benzene rings is 1. The zero-order valence-corrected chi connectivity index (χ0v) is 22.8. The van der Waals surface area contributed by atoms with Gasteiger partial charge in [0.2, 0.25) is 0 Å². The molecule has 0 fully saturated rings. The number of aromatic nitrogens is 1. The third kappa shape index (κ3) is 5.87. The van der Waals surface area contributed by atoms with Gasteiger partial charge in [-0.3, -0.25) is 9.36 Å². The maximum atomic E-state index is 13.6. The van der Waals surface area contributed by atoms with E-state index in [4.69, 9.17) is 9.47 Å². The Balaban J connectivity index is 1.76. The summed E-state index contributed by atoms with van der Waals surface area (Å²) in [6.45, 7) is 8.91. The fourth-order valence-corrected chi connectivity index (χ4v) is 5.78. The first-order chi connectivity index (χ1) is 17.4. The number of nitrogens with zero attached hydrogens (tertiary/aromatic N) is 2. The molecule has 0 amide bonds. The Kier molecular flexibility index (Phi) is 8.59. The molecule has 0 radical (unpaired) electrons. The number of fused-ring (bicyclic) bond motifs is 1. The average molecular weight is 525 g/mol. The molecule has 0 saturated carbocycles. The van der Waals surface area contributed by atoms with Crippen LogP contribution in [0, 0.1) is 5.92 Å². The Morgan fingerprint density at radius 1 is 1.19 bits per heavy atom. The molecule has 2 aromatic heterocycles. The van der Waals surface area contributed by atoms with Crippen LogP contribution in [0.1, 0.15) is 63.4 Å². The smallest absolute Gasteiger partial charge is 0.338 e. The number of allylic oxidation sites excluding steroid dienone is 1. The lowest BCUT2D eigenvalue weighted by molar-refractivity contribution is -0.140. The number of unbranched alkanes of at least 4 members (excludes halogenated alkanes) is 2. The summed E-state index contributed by atoms with van der Waals surface area (Å²) in [6.07, 6.45) is 5.16. The average Bonchev–Trinajstić information content (AvgIpc) is 3.48. The minimum Gasteiger partial charge on any atom is -0.494 e. The maximum absolute atomic E-state index is 13.6. The number of esters is 1. The third-order valence-electron chi connectivity index (χ3n) is 5.82. The third-order valence-corrected chi connectivity index (χ3v) is 7.62. The molecular formula is C28H32N2O4S2. The van der Waals surface area contributed by atoms with Crippen LogP contribution < -0.4 is 19.6 Å². The van der Waals surface area contributed by atoms with E-state index in [1.54, 1.807) is 22.8 Å². The van der Waals surface area contributed by atoms with Crippen molar-refractivity contribution in [2.24, 2.45) is 10.9 Å². The summed E-state index contributed by atoms with van der Waals surface area (Å²) in [4.78, 5) is 33.1. The number of ether oxygens (including phenoxy) is 2. The summed E-state index contributed by atoms with van der Waals surface area (Å²) >= 11 is 2.91. The van der Waals surface area contributed by atoms with Crippen LogP contribution >= 0.6 is 22.7 Å². The van der Waals surface area contributed by atoms with Crippen molar-refractivity contribution in [2.45, 2.75) is 53.0 Å². The fourth-order valence-electron chi connectivity index (χ4n) is 4.01. The van der Waals surface area contributed by atoms with Crippen molar-refractivity contribution < 1.29 is 14.3 Å². The number of thiazole rings is 1. The molecule has 3 aromatic rings. The number of thiophene rings is 1. The van der Waals surface area contributed by atoms with Gasteiger partial charge in [-0.25, -0.2) is 9.79 Å². The molecule has 1 atom stereocenters. The molecule has 1 aliphatic heterocycles. The van der Waals surface area contributed by atoms with Crippen molar-refractivity contribution in [3.05, 3.63) is 83.2 Å². The standard InChI is InChI=1S/C28H32N2O4S2/c1-5-6-7-14-33-21-12-10-20(11-13-21)25-24(27(32)34-17-18(2)3)19(4)29-28-30(25)26(31)23(36-28)16-22-9-8-15-35-22/h8-13,15-16,18,25H,5-7,14,17H2,1-4H3/b23-16-. The maximum Gasteiger partial charge on any atom is 0.338 e. The molecule has 0 saturated heterocycles. The zero-order chi connectivity index (χ0) is 25.7. The van der Waals surface area contributed by atoms with E-state index in [-0.39, 0.29) is 11.5 Å². The van der Waals surface area contributed by atoms with E-state index >= 15 is 0 Å². The van der Waals surface area contributed by atoms with Crippen molar-refractivity contribution in [1.29, 1.82) is 0 Å². The van der Waals surface area contributed by atoms with Crippen LogP contribution in [-0.2, 0) is 9.53 Å². The molecule has 0 spiro atoms. The first-order valence-electron chi connectivity index (χ1n) is 12.3. The van der Waals surface area contributed by atoms with Gasteiger partial charge < -0.3 is 9.47 Å². The van der Waals surface area contributed by atoms with Crippen LogP contribution in [0.5, 0.6) is 5.75 Å². The molecule has 3 heterocycles. The Bertz CT molecular complexity index is 1400. The quantitative estimate of drug-likeness (QED) is 0.274. The molecule has 1 unspecified atom stereocenters. The number of carbonyl (C=O) groups is 1. The number of hydrogen-bond acceptors (Lipinski definition) is 7. The van der Waals surface area contributed by atoms with Gasteiger partial charge in [0.25, 0.3) is 5.56 Å². The summed E-state index contributed by atoms with van der Waals surface area (Å²) < 4.78 is 13.7. The number of rotatable bonds is 10. The molecule has 1 aliphatic rings. The number of hydrogen-bond donors (Lipinski definition) is 0. The van der Waals surface area contributed by atoms with E-state index in [9.17, 15) is 9.59 Å². The first-order valence-corrected chi connectivity index (χ1v) is 14.0. The van der Waals surface area contributed by atoms with E-state index in [1.165, 1.54) is 11.3 Å². The highest BCUT2D eigenvalue weighted by molar-refractivity contribution is 7.11. The lowest BCUT2D eigenvalue weighted by Gasteiger charge is -2.25. The summed E-state index contributed by atoms with van der Waals surface area (Å²) in [5, 5.41) is 1.98. The van der Waals surface area contributed by atoms with Gasteiger partial charge in [0.05, 0.1) is 35.1 Å². The fraction of sp³-hybridized carbons (Fsp3) is 0.393. The SMILES string of the molecule is CCCCCOc1ccc(C2C(C(=O)OCC(C)C)=C(C)N=c3s/c(=C\c4cccs4)c(=O)n32)cc1. The van der Waals surface area contributed by atoms with Gasteiger partial charge >= 0.3 is 5.97 Å². The van der Waals surface area contributed by atoms with Gasteiger partial charge in [0, 0.05) is 4.88 Å². The Morgan fingerprint density at radius 2 is 1.97 bits per heavy atom. The van der Waals surface area contributed by atoms with Gasteiger partial charge in [-0.05, 0) is 54.5 Å². The first kappa shape index (κ1) is 26.1. The molecule has 0 aliphatic carbocycles. The minimum absolute atomic E-state index is 0.168. The molecular weight excluding hydrogens is 492 g/mol. The molecule has 36 heavy (non-hydrogen) atoms. The normalized spacial score (nSPS) is 15.7. The highest BCUT2D eigenvalue weighted by Gasteiger charge is 2.33. The highest BCUT2D eigenvalue weighted by Crippen LogP contribution is 2.32. The summed E-state index contributed by atoms with van der Waals surface area (Å²) in [6, 6.07) is 10.9. The van der Waals surface area contributed by atoms with Crippen LogP contribution in [0.3, 0.4) is 0 Å². The lowest BCUT2D eigenvalue weighted by Crippen LogP contribution is -2.40. The molecule has 8 heteroatoms. The van der Waals surface area contributed by atoms with E-state index in [2.05, 4.69) is 11.9 Å². The van der Waals surface area contributed by atoms with Gasteiger partial charge in [-0.15, -0.1) is 11.3 Å². The monoisotopic (exact) mass is 524 g/mol. The van der Waals surface area contributed by atoms with E-state index in [0.717, 1.165) is 35.5 Å². The summed E-state index contributed by atoms with van der Waals surface area (Å²) in [5.74, 6) is 0.524. The summed E-state index contributed by atoms with van der Waals surface area (Å²) in [7, 11) is 0. The lowest BCUT2D eigenvalue weighted by atomic mass is 9.96. The second-order valence-electron chi connectivity index (χ2n) is 9.21. The minimum atomic E-state index is -0.625.